The molecule has 0 radical (unpaired) electrons. The summed E-state index contributed by atoms with van der Waals surface area (Å²) >= 11 is 0. The van der Waals surface area contributed by atoms with Gasteiger partial charge < -0.3 is 19.1 Å². The zero-order valence-electron chi connectivity index (χ0n) is 15.5. The highest BCUT2D eigenvalue weighted by Gasteiger charge is 2.48. The fourth-order valence-electron chi connectivity index (χ4n) is 4.27. The summed E-state index contributed by atoms with van der Waals surface area (Å²) in [5, 5.41) is 18.1. The predicted molar refractivity (Wildman–Crippen MR) is 92.8 cm³/mol. The van der Waals surface area contributed by atoms with Gasteiger partial charge in [0.2, 0.25) is 0 Å². The molecule has 1 saturated carbocycles. The first-order valence-electron chi connectivity index (χ1n) is 9.25. The van der Waals surface area contributed by atoms with Gasteiger partial charge in [-0.25, -0.2) is 0 Å². The molecule has 3 heterocycles. The maximum atomic E-state index is 13.0. The van der Waals surface area contributed by atoms with Crippen molar-refractivity contribution in [2.24, 2.45) is 5.41 Å². The molecule has 1 spiro atoms. The lowest BCUT2D eigenvalue weighted by molar-refractivity contribution is -0.0953. The van der Waals surface area contributed by atoms with Crippen molar-refractivity contribution in [1.82, 2.24) is 15.2 Å². The van der Waals surface area contributed by atoms with Gasteiger partial charge in [-0.3, -0.25) is 4.79 Å². The van der Waals surface area contributed by atoms with Gasteiger partial charge >= 0.3 is 0 Å². The molecule has 7 nitrogen and oxygen atoms in total. The van der Waals surface area contributed by atoms with E-state index in [2.05, 4.69) is 10.3 Å². The summed E-state index contributed by atoms with van der Waals surface area (Å²) in [6, 6.07) is 0. The van der Waals surface area contributed by atoms with E-state index in [9.17, 15) is 9.90 Å². The normalized spacial score (nSPS) is 21.8. The number of likely N-dealkylation sites (tertiary alicyclic amines) is 1. The molecule has 7 heteroatoms. The van der Waals surface area contributed by atoms with Crippen LogP contribution in [-0.2, 0) is 6.42 Å². The zero-order chi connectivity index (χ0) is 18.5. The van der Waals surface area contributed by atoms with E-state index in [4.69, 9.17) is 9.05 Å². The van der Waals surface area contributed by atoms with Crippen LogP contribution < -0.4 is 0 Å². The Bertz CT molecular complexity index is 810. The molecule has 1 atom stereocenters. The number of aliphatic hydroxyl groups excluding tert-OH is 1. The molecule has 1 aliphatic heterocycles. The van der Waals surface area contributed by atoms with Crippen molar-refractivity contribution in [3.8, 4) is 0 Å². The highest BCUT2D eigenvalue weighted by molar-refractivity contribution is 5.94. The number of aryl methyl sites for hydroxylation is 3. The molecule has 140 valence electrons. The number of rotatable bonds is 3. The second kappa shape index (κ2) is 6.23. The van der Waals surface area contributed by atoms with Crippen LogP contribution in [0.3, 0.4) is 0 Å². The van der Waals surface area contributed by atoms with E-state index in [1.807, 2.05) is 25.7 Å². The van der Waals surface area contributed by atoms with Gasteiger partial charge in [0.25, 0.3) is 5.91 Å². The maximum absolute atomic E-state index is 13.0. The largest absolute Gasteiger partial charge is 0.393 e. The third-order valence-corrected chi connectivity index (χ3v) is 6.39. The molecule has 2 aromatic rings. The van der Waals surface area contributed by atoms with E-state index in [0.29, 0.717) is 31.0 Å². The van der Waals surface area contributed by atoms with Gasteiger partial charge in [-0.15, -0.1) is 0 Å². The Morgan fingerprint density at radius 3 is 2.31 bits per heavy atom. The smallest absolute Gasteiger partial charge is 0.276 e. The number of amides is 1. The van der Waals surface area contributed by atoms with Crippen molar-refractivity contribution in [3.63, 3.8) is 0 Å². The van der Waals surface area contributed by atoms with Gasteiger partial charge in [-0.2, -0.15) is 0 Å². The topological polar surface area (TPSA) is 92.6 Å². The van der Waals surface area contributed by atoms with Crippen LogP contribution >= 0.6 is 0 Å². The van der Waals surface area contributed by atoms with Gasteiger partial charge in [0.15, 0.2) is 5.69 Å². The lowest BCUT2D eigenvalue weighted by Crippen LogP contribution is -2.53. The van der Waals surface area contributed by atoms with Crippen molar-refractivity contribution in [3.05, 3.63) is 34.0 Å². The summed E-state index contributed by atoms with van der Waals surface area (Å²) in [5.41, 5.74) is 3.01. The second-order valence-corrected chi connectivity index (χ2v) is 7.75. The average Bonchev–Trinajstić information content (AvgIpc) is 3.17. The molecule has 1 unspecified atom stereocenters. The van der Waals surface area contributed by atoms with Crippen LogP contribution in [0.15, 0.2) is 9.05 Å². The fourth-order valence-corrected chi connectivity index (χ4v) is 4.27. The first kappa shape index (κ1) is 17.3. The number of aliphatic hydroxyl groups is 1. The average molecular weight is 359 g/mol. The van der Waals surface area contributed by atoms with E-state index in [-0.39, 0.29) is 17.4 Å². The van der Waals surface area contributed by atoms with Crippen LogP contribution in [0, 0.1) is 26.2 Å². The first-order chi connectivity index (χ1) is 12.4. The predicted octanol–water partition coefficient (Wildman–Crippen LogP) is 2.56. The minimum absolute atomic E-state index is 0.0377. The second-order valence-electron chi connectivity index (χ2n) is 7.75. The molecular formula is C19H25N3O4. The molecule has 2 aromatic heterocycles. The molecule has 1 amide bonds. The fraction of sp³-hybridized carbons (Fsp3) is 0.632. The Kier molecular flexibility index (Phi) is 4.14. The standard InChI is InChI=1S/C19H25N3O4/c1-11-14(12(2)25-20-11)10-15-13(3)26-21-17(15)18(24)22-8-6-19(7-9-22)5-4-16(19)23/h16,23H,4-10H2,1-3H3. The van der Waals surface area contributed by atoms with E-state index < -0.39 is 0 Å². The minimum Gasteiger partial charge on any atom is -0.393 e. The number of piperidine rings is 1. The third kappa shape index (κ3) is 2.65. The third-order valence-electron chi connectivity index (χ3n) is 6.39. The van der Waals surface area contributed by atoms with Crippen LogP contribution in [0.25, 0.3) is 0 Å². The number of aromatic nitrogens is 2. The van der Waals surface area contributed by atoms with Gasteiger partial charge in [-0.1, -0.05) is 10.3 Å². The van der Waals surface area contributed by atoms with Crippen LogP contribution in [0.4, 0.5) is 0 Å². The summed E-state index contributed by atoms with van der Waals surface area (Å²) in [5.74, 6) is 1.31. The molecular weight excluding hydrogens is 334 g/mol. The number of carbonyl (C=O) groups is 1. The summed E-state index contributed by atoms with van der Waals surface area (Å²) in [6.45, 7) is 6.91. The van der Waals surface area contributed by atoms with Gasteiger partial charge in [0.05, 0.1) is 11.8 Å². The molecule has 1 N–H and O–H groups in total. The van der Waals surface area contributed by atoms with Crippen molar-refractivity contribution in [2.45, 2.75) is 59.0 Å². The maximum Gasteiger partial charge on any atom is 0.276 e. The molecule has 4 rings (SSSR count). The number of carbonyl (C=O) groups excluding carboxylic acids is 1. The van der Waals surface area contributed by atoms with Gasteiger partial charge in [0.1, 0.15) is 11.5 Å². The SMILES string of the molecule is Cc1noc(C)c1Cc1c(C(=O)N2CCC3(CCC3O)CC2)noc1C. The molecule has 2 fully saturated rings. The number of hydrogen-bond donors (Lipinski definition) is 1. The van der Waals surface area contributed by atoms with Crippen molar-refractivity contribution < 1.29 is 18.9 Å². The van der Waals surface area contributed by atoms with Crippen LogP contribution in [0.2, 0.25) is 0 Å². The molecule has 2 aliphatic rings. The van der Waals surface area contributed by atoms with E-state index in [1.165, 1.54) is 0 Å². The summed E-state index contributed by atoms with van der Waals surface area (Å²) in [4.78, 5) is 14.9. The highest BCUT2D eigenvalue weighted by Crippen LogP contribution is 2.49. The highest BCUT2D eigenvalue weighted by atomic mass is 16.5. The Hall–Kier alpha value is -2.15. The summed E-state index contributed by atoms with van der Waals surface area (Å²) in [7, 11) is 0. The lowest BCUT2D eigenvalue weighted by Gasteiger charge is -2.51. The Balaban J connectivity index is 1.52. The Labute approximate surface area is 152 Å². The zero-order valence-corrected chi connectivity index (χ0v) is 15.5. The van der Waals surface area contributed by atoms with Crippen molar-refractivity contribution >= 4 is 5.91 Å². The summed E-state index contributed by atoms with van der Waals surface area (Å²) in [6.07, 6.45) is 3.98. The van der Waals surface area contributed by atoms with Gasteiger partial charge in [-0.05, 0) is 51.9 Å². The molecule has 1 aliphatic carbocycles. The number of nitrogens with zero attached hydrogens (tertiary/aromatic N) is 3. The van der Waals surface area contributed by atoms with E-state index in [1.54, 1.807) is 0 Å². The van der Waals surface area contributed by atoms with Crippen LogP contribution in [-0.4, -0.2) is 45.4 Å². The van der Waals surface area contributed by atoms with Crippen LogP contribution in [0.5, 0.6) is 0 Å². The Morgan fingerprint density at radius 1 is 1.12 bits per heavy atom. The molecule has 26 heavy (non-hydrogen) atoms. The Morgan fingerprint density at radius 2 is 1.77 bits per heavy atom. The first-order valence-corrected chi connectivity index (χ1v) is 9.25. The molecule has 0 bridgehead atoms. The quantitative estimate of drug-likeness (QED) is 0.905. The van der Waals surface area contributed by atoms with Crippen molar-refractivity contribution in [1.29, 1.82) is 0 Å². The molecule has 0 aromatic carbocycles. The molecule has 1 saturated heterocycles. The lowest BCUT2D eigenvalue weighted by atomic mass is 9.61. The monoisotopic (exact) mass is 359 g/mol. The van der Waals surface area contributed by atoms with Gasteiger partial charge in [0, 0.05) is 30.6 Å². The van der Waals surface area contributed by atoms with Crippen molar-refractivity contribution in [2.75, 3.05) is 13.1 Å². The minimum atomic E-state index is -0.204. The number of hydrogen-bond acceptors (Lipinski definition) is 6. The van der Waals surface area contributed by atoms with Crippen LogP contribution in [0.1, 0.15) is 64.5 Å². The summed E-state index contributed by atoms with van der Waals surface area (Å²) < 4.78 is 10.6. The van der Waals surface area contributed by atoms with E-state index in [0.717, 1.165) is 48.3 Å². The van der Waals surface area contributed by atoms with E-state index >= 15 is 0 Å².